The number of hydrogen-bond donors (Lipinski definition) is 1. The summed E-state index contributed by atoms with van der Waals surface area (Å²) in [6, 6.07) is 7.33. The number of carbonyl (C=O) groups excluding carboxylic acids is 1. The molecule has 0 saturated carbocycles. The minimum absolute atomic E-state index is 0.0428. The third-order valence-electron chi connectivity index (χ3n) is 3.19. The number of hydrogen-bond acceptors (Lipinski definition) is 7. The summed E-state index contributed by atoms with van der Waals surface area (Å²) in [6.07, 6.45) is -8.02. The monoisotopic (exact) mass is 388 g/mol. The lowest BCUT2D eigenvalue weighted by molar-refractivity contribution is -0.134. The first-order valence-electron chi connectivity index (χ1n) is 6.72. The lowest BCUT2D eigenvalue weighted by atomic mass is 10.1. The van der Waals surface area contributed by atoms with E-state index in [2.05, 4.69) is 8.92 Å². The molecule has 1 aromatic rings. The van der Waals surface area contributed by atoms with Gasteiger partial charge in [-0.2, -0.15) is 21.6 Å². The summed E-state index contributed by atoms with van der Waals surface area (Å²) in [7, 11) is -5.95. The predicted molar refractivity (Wildman–Crippen MR) is 72.3 cm³/mol. The molecule has 0 spiro atoms. The largest absolute Gasteiger partial charge is 0.523 e. The Labute approximate surface area is 139 Å². The van der Waals surface area contributed by atoms with Crippen molar-refractivity contribution in [1.82, 2.24) is 0 Å². The van der Waals surface area contributed by atoms with Gasteiger partial charge in [-0.05, 0) is 12.1 Å². The number of esters is 1. The number of halogens is 4. The van der Waals surface area contributed by atoms with Gasteiger partial charge in [-0.1, -0.05) is 18.2 Å². The third-order valence-corrected chi connectivity index (χ3v) is 4.20. The molecule has 0 aromatic heterocycles. The van der Waals surface area contributed by atoms with Crippen LogP contribution in [0.15, 0.2) is 30.3 Å². The lowest BCUT2D eigenvalue weighted by Crippen LogP contribution is -2.36. The van der Waals surface area contributed by atoms with E-state index in [1.807, 2.05) is 0 Å². The average Bonchev–Trinajstić information content (AvgIpc) is 2.80. The normalized spacial score (nSPS) is 27.2. The summed E-state index contributed by atoms with van der Waals surface area (Å²) in [5, 5.41) is 9.55. The average molecular weight is 388 g/mol. The molecule has 0 aliphatic carbocycles. The van der Waals surface area contributed by atoms with Crippen molar-refractivity contribution >= 4 is 16.1 Å². The molecule has 140 valence electrons. The Morgan fingerprint density at radius 1 is 1.24 bits per heavy atom. The predicted octanol–water partition coefficient (Wildman–Crippen LogP) is 1.13. The number of carbonyl (C=O) groups is 1. The molecule has 1 aliphatic rings. The van der Waals surface area contributed by atoms with Crippen LogP contribution in [0.4, 0.5) is 17.6 Å². The summed E-state index contributed by atoms with van der Waals surface area (Å²) < 4.78 is 85.1. The van der Waals surface area contributed by atoms with Gasteiger partial charge in [0.25, 0.3) is 0 Å². The van der Waals surface area contributed by atoms with Crippen molar-refractivity contribution in [2.24, 2.45) is 0 Å². The number of benzene rings is 1. The Morgan fingerprint density at radius 2 is 1.84 bits per heavy atom. The van der Waals surface area contributed by atoms with Gasteiger partial charge in [0.2, 0.25) is 0 Å². The summed E-state index contributed by atoms with van der Waals surface area (Å²) >= 11 is 0. The van der Waals surface area contributed by atoms with Crippen molar-refractivity contribution in [3.8, 4) is 0 Å². The molecule has 1 heterocycles. The van der Waals surface area contributed by atoms with Gasteiger partial charge in [0, 0.05) is 0 Å². The van der Waals surface area contributed by atoms with E-state index < -0.39 is 52.9 Å². The van der Waals surface area contributed by atoms with Gasteiger partial charge in [0.1, 0.15) is 6.10 Å². The smallest absolute Gasteiger partial charge is 0.450 e. The Kier molecular flexibility index (Phi) is 5.66. The van der Waals surface area contributed by atoms with Crippen LogP contribution in [-0.4, -0.2) is 56.3 Å². The fourth-order valence-electron chi connectivity index (χ4n) is 1.94. The molecule has 1 saturated heterocycles. The van der Waals surface area contributed by atoms with Crippen LogP contribution in [0.3, 0.4) is 0 Å². The van der Waals surface area contributed by atoms with Crippen molar-refractivity contribution in [2.45, 2.75) is 30.2 Å². The van der Waals surface area contributed by atoms with Crippen LogP contribution in [0.25, 0.3) is 0 Å². The zero-order valence-corrected chi connectivity index (χ0v) is 13.0. The first kappa shape index (κ1) is 19.6. The molecule has 0 unspecified atom stereocenters. The quantitative estimate of drug-likeness (QED) is 0.349. The second-order valence-corrected chi connectivity index (χ2v) is 6.54. The molecule has 1 fully saturated rings. The minimum Gasteiger partial charge on any atom is -0.450 e. The molecule has 0 bridgehead atoms. The fraction of sp³-hybridized carbons (Fsp3) is 0.462. The minimum atomic E-state index is -5.95. The third kappa shape index (κ3) is 4.45. The molecule has 1 N–H and O–H groups in total. The van der Waals surface area contributed by atoms with Gasteiger partial charge in [0.15, 0.2) is 18.6 Å². The summed E-state index contributed by atoms with van der Waals surface area (Å²) in [5.74, 6) is -1.000. The standard InChI is InChI=1S/C13H12F4O7S/c14-9-8(6-22-25(20,21)13(15,16)17)23-12(19)10(9)24-11(18)7-4-2-1-3-5-7/h1-5,8-10,12,19H,6H2/t8-,9-,10-,12+/m1/s1. The van der Waals surface area contributed by atoms with Crippen molar-refractivity contribution in [2.75, 3.05) is 6.61 Å². The van der Waals surface area contributed by atoms with Crippen LogP contribution in [0, 0.1) is 0 Å². The molecular weight excluding hydrogens is 376 g/mol. The van der Waals surface area contributed by atoms with Gasteiger partial charge in [-0.3, -0.25) is 4.18 Å². The molecule has 4 atom stereocenters. The van der Waals surface area contributed by atoms with Gasteiger partial charge in [0.05, 0.1) is 12.2 Å². The summed E-state index contributed by atoms with van der Waals surface area (Å²) in [6.45, 7) is -1.35. The highest BCUT2D eigenvalue weighted by molar-refractivity contribution is 7.87. The number of rotatable bonds is 5. The van der Waals surface area contributed by atoms with Crippen molar-refractivity contribution < 1.29 is 49.5 Å². The fourth-order valence-corrected chi connectivity index (χ4v) is 2.39. The summed E-state index contributed by atoms with van der Waals surface area (Å²) in [4.78, 5) is 11.8. The van der Waals surface area contributed by atoms with Crippen molar-refractivity contribution in [3.63, 3.8) is 0 Å². The van der Waals surface area contributed by atoms with Crippen LogP contribution >= 0.6 is 0 Å². The van der Waals surface area contributed by atoms with E-state index in [-0.39, 0.29) is 5.56 Å². The Balaban J connectivity index is 1.99. The number of alkyl halides is 4. The van der Waals surface area contributed by atoms with E-state index in [0.29, 0.717) is 0 Å². The SMILES string of the molecule is O=C(O[C@@H]1[C@H](F)[C@@H](COS(=O)(=O)C(F)(F)F)O[C@@H]1O)c1ccccc1. The Morgan fingerprint density at radius 3 is 2.40 bits per heavy atom. The lowest BCUT2D eigenvalue weighted by Gasteiger charge is -2.16. The second kappa shape index (κ2) is 7.23. The van der Waals surface area contributed by atoms with Crippen LogP contribution < -0.4 is 0 Å². The van der Waals surface area contributed by atoms with Crippen LogP contribution in [0.2, 0.25) is 0 Å². The Hall–Kier alpha value is -1.76. The maximum Gasteiger partial charge on any atom is 0.523 e. The first-order valence-corrected chi connectivity index (χ1v) is 8.13. The molecule has 2 rings (SSSR count). The molecule has 25 heavy (non-hydrogen) atoms. The molecule has 1 aromatic carbocycles. The van der Waals surface area contributed by atoms with Crippen molar-refractivity contribution in [3.05, 3.63) is 35.9 Å². The van der Waals surface area contributed by atoms with E-state index in [0.717, 1.165) is 0 Å². The zero-order chi connectivity index (χ0) is 18.8. The van der Waals surface area contributed by atoms with E-state index in [1.54, 1.807) is 6.07 Å². The van der Waals surface area contributed by atoms with Crippen LogP contribution in [0.5, 0.6) is 0 Å². The summed E-state index contributed by atoms with van der Waals surface area (Å²) in [5.41, 5.74) is -5.64. The molecule has 12 heteroatoms. The highest BCUT2D eigenvalue weighted by atomic mass is 32.2. The number of aliphatic hydroxyl groups excluding tert-OH is 1. The maximum atomic E-state index is 14.1. The van der Waals surface area contributed by atoms with E-state index in [1.165, 1.54) is 24.3 Å². The zero-order valence-electron chi connectivity index (χ0n) is 12.2. The van der Waals surface area contributed by atoms with Gasteiger partial charge in [-0.15, -0.1) is 0 Å². The van der Waals surface area contributed by atoms with Gasteiger partial charge >= 0.3 is 21.6 Å². The first-order chi connectivity index (χ1) is 11.5. The molecular formula is C13H12F4O7S. The van der Waals surface area contributed by atoms with E-state index in [4.69, 9.17) is 4.74 Å². The number of ether oxygens (including phenoxy) is 2. The molecule has 1 aliphatic heterocycles. The van der Waals surface area contributed by atoms with E-state index >= 15 is 0 Å². The second-order valence-electron chi connectivity index (χ2n) is 4.93. The highest BCUT2D eigenvalue weighted by Gasteiger charge is 2.51. The van der Waals surface area contributed by atoms with Gasteiger partial charge < -0.3 is 14.6 Å². The van der Waals surface area contributed by atoms with Crippen LogP contribution in [0.1, 0.15) is 10.4 Å². The molecule has 7 nitrogen and oxygen atoms in total. The van der Waals surface area contributed by atoms with Crippen molar-refractivity contribution in [1.29, 1.82) is 0 Å². The molecule has 0 amide bonds. The number of aliphatic hydroxyl groups is 1. The molecule has 0 radical (unpaired) electrons. The Bertz CT molecular complexity index is 707. The van der Waals surface area contributed by atoms with Gasteiger partial charge in [-0.25, -0.2) is 9.18 Å². The van der Waals surface area contributed by atoms with Crippen LogP contribution in [-0.2, 0) is 23.8 Å². The highest BCUT2D eigenvalue weighted by Crippen LogP contribution is 2.29. The van der Waals surface area contributed by atoms with E-state index in [9.17, 15) is 35.9 Å². The maximum absolute atomic E-state index is 14.1. The topological polar surface area (TPSA) is 99.1 Å².